The molecule has 15 heavy (non-hydrogen) atoms. The molecule has 78 valence electrons. The number of carbonyl (C=O) groups excluding carboxylic acids is 1. The van der Waals surface area contributed by atoms with Crippen molar-refractivity contribution in [2.24, 2.45) is 0 Å². The van der Waals surface area contributed by atoms with Gasteiger partial charge >= 0.3 is 0 Å². The molecular weight excluding hydrogens is 184 g/mol. The third-order valence-corrected chi connectivity index (χ3v) is 3.21. The van der Waals surface area contributed by atoms with E-state index in [0.29, 0.717) is 12.2 Å². The largest absolute Gasteiger partial charge is 0.295 e. The van der Waals surface area contributed by atoms with Gasteiger partial charge in [-0.15, -0.1) is 0 Å². The quantitative estimate of drug-likeness (QED) is 0.715. The number of fused-ring (bicyclic) bond motifs is 1. The number of aryl methyl sites for hydroxylation is 1. The second-order valence-electron chi connectivity index (χ2n) is 4.17. The van der Waals surface area contributed by atoms with Gasteiger partial charge in [-0.2, -0.15) is 0 Å². The van der Waals surface area contributed by atoms with Crippen LogP contribution in [0.1, 0.15) is 37.0 Å². The van der Waals surface area contributed by atoms with Crippen molar-refractivity contribution >= 4 is 11.4 Å². The van der Waals surface area contributed by atoms with E-state index in [9.17, 15) is 4.79 Å². The van der Waals surface area contributed by atoms with Gasteiger partial charge in [0.1, 0.15) is 0 Å². The maximum Gasteiger partial charge on any atom is 0.159 e. The summed E-state index contributed by atoms with van der Waals surface area (Å²) in [4.78, 5) is 11.7. The van der Waals surface area contributed by atoms with E-state index in [4.69, 9.17) is 0 Å². The topological polar surface area (TPSA) is 17.1 Å². The number of carbonyl (C=O) groups is 1. The average molecular weight is 200 g/mol. The number of hydrogen-bond donors (Lipinski definition) is 0. The molecular formula is C14H16O. The molecule has 0 amide bonds. The minimum absolute atomic E-state index is 0.295. The number of hydrogen-bond acceptors (Lipinski definition) is 1. The molecule has 0 unspecified atom stereocenters. The van der Waals surface area contributed by atoms with Crippen molar-refractivity contribution in [1.82, 2.24) is 0 Å². The Hall–Kier alpha value is -1.37. The fraction of sp³-hybridized carbons (Fsp3) is 0.357. The maximum atomic E-state index is 11.7. The van der Waals surface area contributed by atoms with Crippen molar-refractivity contribution in [3.8, 4) is 0 Å². The molecule has 1 aromatic carbocycles. The van der Waals surface area contributed by atoms with Crippen LogP contribution in [0.25, 0.3) is 5.57 Å². The van der Waals surface area contributed by atoms with Crippen LogP contribution in [0.3, 0.4) is 0 Å². The van der Waals surface area contributed by atoms with E-state index in [1.807, 2.05) is 6.92 Å². The molecule has 0 heterocycles. The van der Waals surface area contributed by atoms with Gasteiger partial charge in [-0.1, -0.05) is 25.1 Å². The van der Waals surface area contributed by atoms with Crippen molar-refractivity contribution in [3.05, 3.63) is 40.5 Å². The lowest BCUT2D eigenvalue weighted by Crippen LogP contribution is -2.00. The van der Waals surface area contributed by atoms with E-state index < -0.39 is 0 Å². The Morgan fingerprint density at radius 1 is 1.33 bits per heavy atom. The van der Waals surface area contributed by atoms with E-state index in [-0.39, 0.29) is 0 Å². The van der Waals surface area contributed by atoms with Gasteiger partial charge in [0.15, 0.2) is 5.78 Å². The minimum atomic E-state index is 0.295. The molecule has 2 rings (SSSR count). The van der Waals surface area contributed by atoms with E-state index >= 15 is 0 Å². The highest BCUT2D eigenvalue weighted by molar-refractivity contribution is 6.05. The highest BCUT2D eigenvalue weighted by Gasteiger charge is 2.23. The molecule has 0 aromatic heterocycles. The minimum Gasteiger partial charge on any atom is -0.295 e. The summed E-state index contributed by atoms with van der Waals surface area (Å²) >= 11 is 0. The van der Waals surface area contributed by atoms with Crippen LogP contribution >= 0.6 is 0 Å². The van der Waals surface area contributed by atoms with Gasteiger partial charge in [-0.25, -0.2) is 0 Å². The van der Waals surface area contributed by atoms with Gasteiger partial charge in [0, 0.05) is 18.4 Å². The summed E-state index contributed by atoms with van der Waals surface area (Å²) in [6.07, 6.45) is 1.44. The van der Waals surface area contributed by atoms with Gasteiger partial charge in [-0.05, 0) is 36.1 Å². The zero-order chi connectivity index (χ0) is 11.0. The van der Waals surface area contributed by atoms with E-state index in [0.717, 1.165) is 12.0 Å². The summed E-state index contributed by atoms with van der Waals surface area (Å²) in [7, 11) is 0. The monoisotopic (exact) mass is 200 g/mol. The van der Waals surface area contributed by atoms with Crippen molar-refractivity contribution in [2.75, 3.05) is 0 Å². The maximum absolute atomic E-state index is 11.7. The van der Waals surface area contributed by atoms with Crippen molar-refractivity contribution in [3.63, 3.8) is 0 Å². The van der Waals surface area contributed by atoms with Crippen LogP contribution in [0.2, 0.25) is 0 Å². The van der Waals surface area contributed by atoms with Crippen LogP contribution in [0.15, 0.2) is 23.8 Å². The smallest absolute Gasteiger partial charge is 0.159 e. The Balaban J connectivity index is 2.52. The third-order valence-electron chi connectivity index (χ3n) is 3.21. The van der Waals surface area contributed by atoms with Crippen LogP contribution in [-0.2, 0) is 11.2 Å². The van der Waals surface area contributed by atoms with Crippen LogP contribution < -0.4 is 0 Å². The first-order valence-electron chi connectivity index (χ1n) is 5.47. The van der Waals surface area contributed by atoms with Gasteiger partial charge in [-0.3, -0.25) is 4.79 Å². The second-order valence-corrected chi connectivity index (χ2v) is 4.17. The van der Waals surface area contributed by atoms with Crippen molar-refractivity contribution in [2.45, 2.75) is 33.6 Å². The summed E-state index contributed by atoms with van der Waals surface area (Å²) < 4.78 is 0. The van der Waals surface area contributed by atoms with Crippen LogP contribution in [-0.4, -0.2) is 5.78 Å². The van der Waals surface area contributed by atoms with Crippen LogP contribution in [0.4, 0.5) is 0 Å². The first-order valence-corrected chi connectivity index (χ1v) is 5.47. The molecule has 1 aliphatic rings. The first-order chi connectivity index (χ1) is 7.15. The first kappa shape index (κ1) is 10.2. The normalized spacial score (nSPS) is 14.3. The lowest BCUT2D eigenvalue weighted by Gasteiger charge is -2.04. The number of allylic oxidation sites excluding steroid dienone is 2. The molecule has 0 spiro atoms. The highest BCUT2D eigenvalue weighted by Crippen LogP contribution is 2.35. The Morgan fingerprint density at radius 2 is 2.07 bits per heavy atom. The lowest BCUT2D eigenvalue weighted by molar-refractivity contribution is -0.115. The SMILES string of the molecule is CCC(=O)C1=C(C)c2c(C)cccc2C1. The standard InChI is InChI=1S/C14H16O/c1-4-13(15)12-8-11-7-5-6-9(2)14(11)10(12)3/h5-7H,4,8H2,1-3H3. The zero-order valence-corrected chi connectivity index (χ0v) is 9.55. The predicted octanol–water partition coefficient (Wildman–Crippen LogP) is 3.30. The molecule has 1 heteroatoms. The Labute approximate surface area is 90.8 Å². The fourth-order valence-corrected chi connectivity index (χ4v) is 2.41. The molecule has 0 atom stereocenters. The molecule has 1 aliphatic carbocycles. The van der Waals surface area contributed by atoms with Crippen molar-refractivity contribution in [1.29, 1.82) is 0 Å². The summed E-state index contributed by atoms with van der Waals surface area (Å²) in [6.45, 7) is 6.11. The molecule has 1 aromatic rings. The van der Waals surface area contributed by atoms with Gasteiger partial charge in [0.05, 0.1) is 0 Å². The van der Waals surface area contributed by atoms with E-state index in [1.165, 1.54) is 22.3 Å². The summed E-state index contributed by atoms with van der Waals surface area (Å²) in [5.41, 5.74) is 6.10. The molecule has 0 fully saturated rings. The van der Waals surface area contributed by atoms with Crippen molar-refractivity contribution < 1.29 is 4.79 Å². The van der Waals surface area contributed by atoms with Crippen LogP contribution in [0, 0.1) is 6.92 Å². The average Bonchev–Trinajstić information content (AvgIpc) is 2.56. The lowest BCUT2D eigenvalue weighted by atomic mass is 10.0. The molecule has 0 saturated heterocycles. The van der Waals surface area contributed by atoms with Crippen LogP contribution in [0.5, 0.6) is 0 Å². The Morgan fingerprint density at radius 3 is 2.67 bits per heavy atom. The molecule has 0 N–H and O–H groups in total. The summed E-state index contributed by atoms with van der Waals surface area (Å²) in [5.74, 6) is 0.295. The number of rotatable bonds is 2. The highest BCUT2D eigenvalue weighted by atomic mass is 16.1. The van der Waals surface area contributed by atoms with Gasteiger partial charge in [0.25, 0.3) is 0 Å². The Kier molecular flexibility index (Phi) is 2.47. The van der Waals surface area contributed by atoms with E-state index in [1.54, 1.807) is 0 Å². The number of ketones is 1. The second kappa shape index (κ2) is 3.65. The van der Waals surface area contributed by atoms with E-state index in [2.05, 4.69) is 32.0 Å². The predicted molar refractivity (Wildman–Crippen MR) is 62.8 cm³/mol. The van der Waals surface area contributed by atoms with Gasteiger partial charge in [0.2, 0.25) is 0 Å². The number of benzene rings is 1. The fourth-order valence-electron chi connectivity index (χ4n) is 2.41. The zero-order valence-electron chi connectivity index (χ0n) is 9.55. The molecule has 0 bridgehead atoms. The molecule has 0 saturated carbocycles. The molecule has 1 nitrogen and oxygen atoms in total. The summed E-state index contributed by atoms with van der Waals surface area (Å²) in [5, 5.41) is 0. The van der Waals surface area contributed by atoms with Gasteiger partial charge < -0.3 is 0 Å². The summed E-state index contributed by atoms with van der Waals surface area (Å²) in [6, 6.07) is 6.31. The third kappa shape index (κ3) is 1.52. The molecule has 0 radical (unpaired) electrons. The number of Topliss-reactive ketones (excluding diaryl/α,β-unsaturated/α-hetero) is 1. The Bertz CT molecular complexity index is 452. The molecule has 0 aliphatic heterocycles.